The zero-order valence-electron chi connectivity index (χ0n) is 17.5. The van der Waals surface area contributed by atoms with E-state index in [4.69, 9.17) is 16.2 Å². The van der Waals surface area contributed by atoms with Crippen LogP contribution in [0, 0.1) is 11.7 Å². The fourth-order valence-electron chi connectivity index (χ4n) is 3.42. The molecule has 0 radical (unpaired) electrons. The van der Waals surface area contributed by atoms with Crippen molar-refractivity contribution in [3.63, 3.8) is 0 Å². The van der Waals surface area contributed by atoms with E-state index in [-0.39, 0.29) is 35.5 Å². The number of aromatic nitrogens is 5. The van der Waals surface area contributed by atoms with Gasteiger partial charge in [-0.25, -0.2) is 28.8 Å². The number of fused-ring (bicyclic) bond motifs is 1. The first-order valence-electron chi connectivity index (χ1n) is 10.4. The van der Waals surface area contributed by atoms with Gasteiger partial charge in [0.05, 0.1) is 18.5 Å². The first kappa shape index (κ1) is 20.6. The van der Waals surface area contributed by atoms with E-state index in [1.165, 1.54) is 6.07 Å². The number of carbonyl (C=O) groups is 1. The molecule has 0 aliphatic heterocycles. The van der Waals surface area contributed by atoms with Gasteiger partial charge in [0.25, 0.3) is 0 Å². The van der Waals surface area contributed by atoms with E-state index in [1.807, 2.05) is 0 Å². The molecule has 4 aromatic rings. The monoisotopic (exact) mass is 448 g/mol. The van der Waals surface area contributed by atoms with Crippen LogP contribution in [0.2, 0.25) is 0 Å². The Morgan fingerprint density at radius 1 is 1.15 bits per heavy atom. The molecule has 5 N–H and O–H groups in total. The lowest BCUT2D eigenvalue weighted by Crippen LogP contribution is -2.18. The molecular weight excluding hydrogens is 427 g/mol. The summed E-state index contributed by atoms with van der Waals surface area (Å²) >= 11 is 0. The number of benzene rings is 1. The minimum absolute atomic E-state index is 0.0263. The van der Waals surface area contributed by atoms with Crippen molar-refractivity contribution in [3.8, 4) is 11.5 Å². The highest BCUT2D eigenvalue weighted by Gasteiger charge is 2.24. The maximum atomic E-state index is 14.2. The molecule has 0 saturated heterocycles. The van der Waals surface area contributed by atoms with Crippen molar-refractivity contribution in [1.82, 2.24) is 24.7 Å². The number of pyridine rings is 1. The molecule has 33 heavy (non-hydrogen) atoms. The number of nitrogen functional groups attached to an aromatic ring is 2. The van der Waals surface area contributed by atoms with E-state index in [0.29, 0.717) is 34.8 Å². The minimum atomic E-state index is -0.666. The van der Waals surface area contributed by atoms with Gasteiger partial charge in [-0.3, -0.25) is 5.32 Å². The van der Waals surface area contributed by atoms with Crippen molar-refractivity contribution in [1.29, 1.82) is 0 Å². The number of halogens is 1. The molecule has 1 amide bonds. The summed E-state index contributed by atoms with van der Waals surface area (Å²) in [4.78, 5) is 25.0. The first-order chi connectivity index (χ1) is 16.0. The van der Waals surface area contributed by atoms with E-state index >= 15 is 0 Å². The number of nitrogens with two attached hydrogens (primary N) is 2. The van der Waals surface area contributed by atoms with E-state index in [9.17, 15) is 9.18 Å². The topological polar surface area (TPSA) is 147 Å². The maximum absolute atomic E-state index is 14.2. The van der Waals surface area contributed by atoms with Gasteiger partial charge in [-0.1, -0.05) is 18.2 Å². The van der Waals surface area contributed by atoms with E-state index < -0.39 is 6.09 Å². The number of hydrogen-bond acceptors (Lipinski definition) is 8. The molecule has 3 heterocycles. The van der Waals surface area contributed by atoms with Crippen LogP contribution in [0.5, 0.6) is 0 Å². The zero-order valence-corrected chi connectivity index (χ0v) is 17.5. The van der Waals surface area contributed by atoms with Crippen molar-refractivity contribution >= 4 is 34.4 Å². The average molecular weight is 448 g/mol. The average Bonchev–Trinajstić information content (AvgIpc) is 3.57. The number of nitrogens with zero attached hydrogens (tertiary/aromatic N) is 5. The first-order valence-corrected chi connectivity index (χ1v) is 10.4. The van der Waals surface area contributed by atoms with Crippen LogP contribution in [-0.4, -0.2) is 37.4 Å². The predicted molar refractivity (Wildman–Crippen MR) is 121 cm³/mol. The Balaban J connectivity index is 1.47. The highest BCUT2D eigenvalue weighted by molar-refractivity contribution is 5.94. The van der Waals surface area contributed by atoms with Crippen molar-refractivity contribution < 1.29 is 13.9 Å². The summed E-state index contributed by atoms with van der Waals surface area (Å²) in [5, 5.41) is 7.72. The lowest BCUT2D eigenvalue weighted by molar-refractivity contribution is 0.156. The highest BCUT2D eigenvalue weighted by Crippen LogP contribution is 2.31. The molecule has 1 fully saturated rings. The Hall–Kier alpha value is -4.28. The molecule has 5 rings (SSSR count). The molecule has 168 valence electrons. The molecule has 0 unspecified atom stereocenters. The number of nitrogens with one attached hydrogen (secondary N) is 1. The quantitative estimate of drug-likeness (QED) is 0.407. The summed E-state index contributed by atoms with van der Waals surface area (Å²) in [6.07, 6.45) is 3.07. The molecule has 10 nitrogen and oxygen atoms in total. The SMILES string of the molecule is Nc1nc(-c2nn(Cc3ccccc3F)c3ncccc23)nc(N)c1NC(=O)OCC1CC1. The largest absolute Gasteiger partial charge is 0.449 e. The number of amides is 1. The number of ether oxygens (including phenoxy) is 1. The Kier molecular flexibility index (Phi) is 5.21. The molecule has 1 aromatic carbocycles. The third-order valence-corrected chi connectivity index (χ3v) is 5.34. The summed E-state index contributed by atoms with van der Waals surface area (Å²) in [6, 6.07) is 10.0. The zero-order chi connectivity index (χ0) is 22.9. The molecule has 3 aromatic heterocycles. The molecule has 0 atom stereocenters. The molecule has 1 aliphatic carbocycles. The van der Waals surface area contributed by atoms with Crippen LogP contribution in [0.15, 0.2) is 42.6 Å². The van der Waals surface area contributed by atoms with Gasteiger partial charge in [-0.05, 0) is 37.0 Å². The second-order valence-corrected chi connectivity index (χ2v) is 7.83. The summed E-state index contributed by atoms with van der Waals surface area (Å²) in [5.41, 5.74) is 13.6. The van der Waals surface area contributed by atoms with Gasteiger partial charge in [0, 0.05) is 11.8 Å². The van der Waals surface area contributed by atoms with E-state index in [0.717, 1.165) is 12.8 Å². The predicted octanol–water partition coefficient (Wildman–Crippen LogP) is 3.20. The Labute approximate surface area is 187 Å². The maximum Gasteiger partial charge on any atom is 0.411 e. The van der Waals surface area contributed by atoms with Crippen LogP contribution in [0.3, 0.4) is 0 Å². The Morgan fingerprint density at radius 3 is 2.64 bits per heavy atom. The lowest BCUT2D eigenvalue weighted by Gasteiger charge is -2.11. The molecule has 0 bridgehead atoms. The van der Waals surface area contributed by atoms with Crippen LogP contribution >= 0.6 is 0 Å². The summed E-state index contributed by atoms with van der Waals surface area (Å²) in [5.74, 6) is 0.188. The lowest BCUT2D eigenvalue weighted by atomic mass is 10.2. The Morgan fingerprint density at radius 2 is 1.91 bits per heavy atom. The van der Waals surface area contributed by atoms with Gasteiger partial charge in [0.1, 0.15) is 17.2 Å². The summed E-state index contributed by atoms with van der Waals surface area (Å²) < 4.78 is 20.9. The second-order valence-electron chi connectivity index (χ2n) is 7.83. The fraction of sp³-hybridized carbons (Fsp3) is 0.227. The van der Waals surface area contributed by atoms with Crippen LogP contribution < -0.4 is 16.8 Å². The molecular formula is C22H21FN8O2. The van der Waals surface area contributed by atoms with Crippen molar-refractivity contribution in [2.75, 3.05) is 23.4 Å². The van der Waals surface area contributed by atoms with Gasteiger partial charge >= 0.3 is 6.09 Å². The minimum Gasteiger partial charge on any atom is -0.449 e. The van der Waals surface area contributed by atoms with Gasteiger partial charge in [0.2, 0.25) is 0 Å². The second kappa shape index (κ2) is 8.34. The Bertz CT molecular complexity index is 1330. The molecule has 11 heteroatoms. The van der Waals surface area contributed by atoms with E-state index in [2.05, 4.69) is 25.4 Å². The number of hydrogen-bond donors (Lipinski definition) is 3. The van der Waals surface area contributed by atoms with Crippen molar-refractivity contribution in [2.24, 2.45) is 5.92 Å². The standard InChI is InChI=1S/C22H21FN8O2/c23-15-6-2-1-4-13(15)10-31-21-14(5-3-9-26-21)16(30-31)20-28-18(24)17(19(25)29-20)27-22(32)33-11-12-7-8-12/h1-6,9,12H,7-8,10-11H2,(H,27,32)(H4,24,25,28,29). The van der Waals surface area contributed by atoms with Crippen LogP contribution in [0.25, 0.3) is 22.6 Å². The van der Waals surface area contributed by atoms with Gasteiger partial charge in [-0.15, -0.1) is 0 Å². The summed E-state index contributed by atoms with van der Waals surface area (Å²) in [6.45, 7) is 0.515. The third-order valence-electron chi connectivity index (χ3n) is 5.34. The van der Waals surface area contributed by atoms with Gasteiger partial charge in [0.15, 0.2) is 23.1 Å². The molecule has 1 saturated carbocycles. The normalized spacial score (nSPS) is 13.2. The number of anilines is 3. The smallest absolute Gasteiger partial charge is 0.411 e. The van der Waals surface area contributed by atoms with Gasteiger partial charge < -0.3 is 16.2 Å². The third kappa shape index (κ3) is 4.25. The fourth-order valence-corrected chi connectivity index (χ4v) is 3.42. The molecule has 1 aliphatic rings. The summed E-state index contributed by atoms with van der Waals surface area (Å²) in [7, 11) is 0. The number of carbonyl (C=O) groups excluding carboxylic acids is 1. The van der Waals surface area contributed by atoms with Crippen LogP contribution in [0.1, 0.15) is 18.4 Å². The molecule has 0 spiro atoms. The van der Waals surface area contributed by atoms with Gasteiger partial charge in [-0.2, -0.15) is 5.10 Å². The van der Waals surface area contributed by atoms with Crippen molar-refractivity contribution in [3.05, 3.63) is 54.0 Å². The van der Waals surface area contributed by atoms with Crippen molar-refractivity contribution in [2.45, 2.75) is 19.4 Å². The highest BCUT2D eigenvalue weighted by atomic mass is 19.1. The van der Waals surface area contributed by atoms with Crippen LogP contribution in [0.4, 0.5) is 26.5 Å². The van der Waals surface area contributed by atoms with E-state index in [1.54, 1.807) is 41.2 Å². The van der Waals surface area contributed by atoms with Crippen LogP contribution in [-0.2, 0) is 11.3 Å². The number of rotatable bonds is 6.